The van der Waals surface area contributed by atoms with Crippen molar-refractivity contribution in [1.29, 1.82) is 0 Å². The molecule has 3 rings (SSSR count). The van der Waals surface area contributed by atoms with E-state index < -0.39 is 15.7 Å². The van der Waals surface area contributed by atoms with Gasteiger partial charge in [-0.05, 0) is 54.6 Å². The molecule has 3 aromatic rings. The van der Waals surface area contributed by atoms with Crippen molar-refractivity contribution < 1.29 is 22.4 Å². The SMILES string of the molecule is COc1ccc(Cl)cc1NC(=O)c1ccc(S(=O)(=O)c2ccc(Cl)cc2)o1. The topological polar surface area (TPSA) is 85.6 Å². The lowest BCUT2D eigenvalue weighted by atomic mass is 10.3. The molecule has 0 aliphatic carbocycles. The summed E-state index contributed by atoms with van der Waals surface area (Å²) in [5.41, 5.74) is 0.327. The molecule has 6 nitrogen and oxygen atoms in total. The summed E-state index contributed by atoms with van der Waals surface area (Å²) in [5.74, 6) is -0.425. The quantitative estimate of drug-likeness (QED) is 0.640. The van der Waals surface area contributed by atoms with Crippen LogP contribution in [-0.4, -0.2) is 21.4 Å². The normalized spacial score (nSPS) is 11.2. The molecule has 0 saturated carbocycles. The van der Waals surface area contributed by atoms with Gasteiger partial charge in [0.15, 0.2) is 5.76 Å². The molecule has 1 N–H and O–H groups in total. The van der Waals surface area contributed by atoms with Crippen LogP contribution in [0.4, 0.5) is 5.69 Å². The van der Waals surface area contributed by atoms with Gasteiger partial charge in [-0.2, -0.15) is 0 Å². The van der Waals surface area contributed by atoms with E-state index in [0.717, 1.165) is 0 Å². The number of sulfone groups is 1. The van der Waals surface area contributed by atoms with E-state index in [2.05, 4.69) is 5.32 Å². The summed E-state index contributed by atoms with van der Waals surface area (Å²) in [7, 11) is -2.46. The Hall–Kier alpha value is -2.48. The zero-order valence-electron chi connectivity index (χ0n) is 13.9. The summed E-state index contributed by atoms with van der Waals surface area (Å²) in [6.45, 7) is 0. The summed E-state index contributed by atoms with van der Waals surface area (Å²) >= 11 is 11.7. The molecule has 1 heterocycles. The van der Waals surface area contributed by atoms with Crippen molar-refractivity contribution in [2.75, 3.05) is 12.4 Å². The van der Waals surface area contributed by atoms with E-state index >= 15 is 0 Å². The smallest absolute Gasteiger partial charge is 0.291 e. The largest absolute Gasteiger partial charge is 0.495 e. The van der Waals surface area contributed by atoms with Crippen LogP contribution in [0.2, 0.25) is 10.0 Å². The molecule has 2 aromatic carbocycles. The van der Waals surface area contributed by atoms with Gasteiger partial charge in [0.25, 0.3) is 5.91 Å². The lowest BCUT2D eigenvalue weighted by Crippen LogP contribution is -2.12. The van der Waals surface area contributed by atoms with Gasteiger partial charge in [0.05, 0.1) is 17.7 Å². The second kappa shape index (κ2) is 7.64. The van der Waals surface area contributed by atoms with Crippen molar-refractivity contribution in [3.05, 3.63) is 70.4 Å². The van der Waals surface area contributed by atoms with Crippen LogP contribution in [0.3, 0.4) is 0 Å². The predicted molar refractivity (Wildman–Crippen MR) is 102 cm³/mol. The lowest BCUT2D eigenvalue weighted by Gasteiger charge is -2.09. The average molecular weight is 426 g/mol. The molecule has 27 heavy (non-hydrogen) atoms. The third kappa shape index (κ3) is 4.10. The monoisotopic (exact) mass is 425 g/mol. The molecule has 1 amide bonds. The van der Waals surface area contributed by atoms with Gasteiger partial charge in [-0.15, -0.1) is 0 Å². The standard InChI is InChI=1S/C18H13Cl2NO5S/c1-25-15-7-4-12(20)10-14(15)21-18(22)16-8-9-17(26-16)27(23,24)13-5-2-11(19)3-6-13/h2-10H,1H3,(H,21,22). The number of amides is 1. The number of hydrogen-bond acceptors (Lipinski definition) is 5. The number of halogens is 2. The van der Waals surface area contributed by atoms with Gasteiger partial charge < -0.3 is 14.5 Å². The molecule has 0 saturated heterocycles. The van der Waals surface area contributed by atoms with Crippen molar-refractivity contribution in [2.45, 2.75) is 9.99 Å². The van der Waals surface area contributed by atoms with Gasteiger partial charge in [-0.3, -0.25) is 4.79 Å². The van der Waals surface area contributed by atoms with Crippen molar-refractivity contribution in [3.63, 3.8) is 0 Å². The Morgan fingerprint density at radius 3 is 2.33 bits per heavy atom. The number of ether oxygens (including phenoxy) is 1. The highest BCUT2D eigenvalue weighted by atomic mass is 35.5. The zero-order valence-corrected chi connectivity index (χ0v) is 16.2. The summed E-state index contributed by atoms with van der Waals surface area (Å²) in [6.07, 6.45) is 0. The summed E-state index contributed by atoms with van der Waals surface area (Å²) in [5, 5.41) is 3.03. The van der Waals surface area contributed by atoms with Gasteiger partial charge >= 0.3 is 0 Å². The number of methoxy groups -OCH3 is 1. The zero-order chi connectivity index (χ0) is 19.6. The third-order valence-corrected chi connectivity index (χ3v) is 5.73. The average Bonchev–Trinajstić information content (AvgIpc) is 3.13. The minimum Gasteiger partial charge on any atom is -0.495 e. The number of nitrogens with one attached hydrogen (secondary N) is 1. The molecule has 0 aliphatic heterocycles. The summed E-state index contributed by atoms with van der Waals surface area (Å²) in [6, 6.07) is 12.8. The molecular weight excluding hydrogens is 413 g/mol. The van der Waals surface area contributed by atoms with Crippen molar-refractivity contribution in [3.8, 4) is 5.75 Å². The first-order valence-electron chi connectivity index (χ1n) is 7.56. The van der Waals surface area contributed by atoms with Crippen LogP contribution in [0.1, 0.15) is 10.6 Å². The van der Waals surface area contributed by atoms with Crippen LogP contribution in [0.15, 0.2) is 69.0 Å². The number of hydrogen-bond donors (Lipinski definition) is 1. The highest BCUT2D eigenvalue weighted by Gasteiger charge is 2.24. The minimum atomic E-state index is -3.91. The number of carbonyl (C=O) groups is 1. The highest BCUT2D eigenvalue weighted by Crippen LogP contribution is 2.29. The molecule has 140 valence electrons. The van der Waals surface area contributed by atoms with Crippen molar-refractivity contribution >= 4 is 44.6 Å². The number of furan rings is 1. The first-order valence-corrected chi connectivity index (χ1v) is 9.80. The van der Waals surface area contributed by atoms with E-state index in [1.54, 1.807) is 12.1 Å². The number of rotatable bonds is 5. The Morgan fingerprint density at radius 1 is 1.00 bits per heavy atom. The van der Waals surface area contributed by atoms with Gasteiger partial charge in [0.2, 0.25) is 14.9 Å². The first-order chi connectivity index (χ1) is 12.8. The van der Waals surface area contributed by atoms with Crippen LogP contribution in [0, 0.1) is 0 Å². The molecule has 0 aliphatic rings. The number of benzene rings is 2. The molecule has 0 radical (unpaired) electrons. The van der Waals surface area contributed by atoms with Crippen molar-refractivity contribution in [2.24, 2.45) is 0 Å². The first kappa shape index (κ1) is 19.3. The fourth-order valence-electron chi connectivity index (χ4n) is 2.28. The van der Waals surface area contributed by atoms with Gasteiger partial charge in [0, 0.05) is 10.0 Å². The van der Waals surface area contributed by atoms with Crippen LogP contribution in [-0.2, 0) is 9.84 Å². The second-order valence-corrected chi connectivity index (χ2v) is 8.13. The van der Waals surface area contributed by atoms with Crippen LogP contribution < -0.4 is 10.1 Å². The number of anilines is 1. The Balaban J connectivity index is 1.86. The van der Waals surface area contributed by atoms with Crippen LogP contribution in [0.5, 0.6) is 5.75 Å². The maximum atomic E-state index is 12.6. The molecular formula is C18H13Cl2NO5S. The fraction of sp³-hybridized carbons (Fsp3) is 0.0556. The summed E-state index contributed by atoms with van der Waals surface area (Å²) in [4.78, 5) is 12.4. The highest BCUT2D eigenvalue weighted by molar-refractivity contribution is 7.91. The maximum absolute atomic E-state index is 12.6. The predicted octanol–water partition coefficient (Wildman–Crippen LogP) is 4.68. The van der Waals surface area contributed by atoms with Crippen LogP contribution in [0.25, 0.3) is 0 Å². The van der Waals surface area contributed by atoms with Crippen LogP contribution >= 0.6 is 23.2 Å². The molecule has 1 aromatic heterocycles. The van der Waals surface area contributed by atoms with Gasteiger partial charge in [0.1, 0.15) is 5.75 Å². The minimum absolute atomic E-state index is 0.00437. The van der Waals surface area contributed by atoms with E-state index in [4.69, 9.17) is 32.4 Å². The van der Waals surface area contributed by atoms with Gasteiger partial charge in [-0.25, -0.2) is 8.42 Å². The molecule has 0 atom stereocenters. The Labute approximate surface area is 165 Å². The summed E-state index contributed by atoms with van der Waals surface area (Å²) < 4.78 is 35.6. The van der Waals surface area contributed by atoms with Crippen molar-refractivity contribution in [1.82, 2.24) is 0 Å². The van der Waals surface area contributed by atoms with E-state index in [1.807, 2.05) is 0 Å². The maximum Gasteiger partial charge on any atom is 0.291 e. The fourth-order valence-corrected chi connectivity index (χ4v) is 3.75. The molecule has 0 bridgehead atoms. The lowest BCUT2D eigenvalue weighted by molar-refractivity contribution is 0.0991. The van der Waals surface area contributed by atoms with Gasteiger partial charge in [-0.1, -0.05) is 23.2 Å². The van der Waals surface area contributed by atoms with E-state index in [0.29, 0.717) is 21.5 Å². The molecule has 0 fully saturated rings. The third-order valence-electron chi connectivity index (χ3n) is 3.60. The Bertz CT molecular complexity index is 1090. The molecule has 0 unspecified atom stereocenters. The van der Waals surface area contributed by atoms with E-state index in [1.165, 1.54) is 49.6 Å². The second-order valence-electron chi connectivity index (χ2n) is 5.37. The number of carbonyl (C=O) groups excluding carboxylic acids is 1. The Kier molecular flexibility index (Phi) is 5.46. The van der Waals surface area contributed by atoms with E-state index in [9.17, 15) is 13.2 Å². The van der Waals surface area contributed by atoms with E-state index in [-0.39, 0.29) is 15.7 Å². The Morgan fingerprint density at radius 2 is 1.67 bits per heavy atom. The molecule has 9 heteroatoms. The molecule has 0 spiro atoms.